The van der Waals surface area contributed by atoms with Gasteiger partial charge in [-0.2, -0.15) is 0 Å². The van der Waals surface area contributed by atoms with Crippen molar-refractivity contribution in [2.45, 2.75) is 0 Å². The topological polar surface area (TPSA) is 26.0 Å². The standard InChI is InChI=1S/C23H15NO/c1-2-4-8-17-9-5-10-18-19-11-6-12-20(23(19)25-22(17)18)21-15-16(7-3-1)13-14-24-21/h1-15H/b2-1?,7-3?,8-4+. The highest BCUT2D eigenvalue weighted by molar-refractivity contribution is 6.11. The molecule has 0 radical (unpaired) electrons. The largest absolute Gasteiger partial charge is 0.455 e. The van der Waals surface area contributed by atoms with Gasteiger partial charge in [-0.1, -0.05) is 66.8 Å². The van der Waals surface area contributed by atoms with Gasteiger partial charge in [0.05, 0.1) is 5.69 Å². The fraction of sp³-hybridized carbons (Fsp3) is 0. The Bertz CT molecular complexity index is 1190. The van der Waals surface area contributed by atoms with Crippen LogP contribution in [-0.2, 0) is 0 Å². The lowest BCUT2D eigenvalue weighted by Crippen LogP contribution is -1.85. The summed E-state index contributed by atoms with van der Waals surface area (Å²) in [5, 5.41) is 2.25. The molecule has 0 atom stereocenters. The molecule has 2 aromatic carbocycles. The Morgan fingerprint density at radius 3 is 2.44 bits per heavy atom. The van der Waals surface area contributed by atoms with Crippen LogP contribution in [0.15, 0.2) is 83.4 Å². The number of rotatable bonds is 0. The fourth-order valence-corrected chi connectivity index (χ4v) is 3.33. The van der Waals surface area contributed by atoms with Gasteiger partial charge in [-0.05, 0) is 23.8 Å². The molecule has 25 heavy (non-hydrogen) atoms. The molecule has 1 aliphatic rings. The van der Waals surface area contributed by atoms with E-state index in [1.807, 2.05) is 36.6 Å². The molecule has 0 amide bonds. The van der Waals surface area contributed by atoms with Crippen LogP contribution in [0.3, 0.4) is 0 Å². The van der Waals surface area contributed by atoms with E-state index in [-0.39, 0.29) is 0 Å². The van der Waals surface area contributed by atoms with Crippen molar-refractivity contribution >= 4 is 34.1 Å². The van der Waals surface area contributed by atoms with Gasteiger partial charge in [0.2, 0.25) is 0 Å². The maximum Gasteiger partial charge on any atom is 0.144 e. The van der Waals surface area contributed by atoms with Crippen LogP contribution in [0.4, 0.5) is 0 Å². The maximum atomic E-state index is 6.32. The molecule has 3 heterocycles. The zero-order chi connectivity index (χ0) is 16.6. The third-order valence-electron chi connectivity index (χ3n) is 4.51. The second kappa shape index (κ2) is 5.60. The van der Waals surface area contributed by atoms with Crippen molar-refractivity contribution in [2.75, 3.05) is 0 Å². The summed E-state index contributed by atoms with van der Waals surface area (Å²) in [7, 11) is 0. The van der Waals surface area contributed by atoms with E-state index in [9.17, 15) is 0 Å². The fourth-order valence-electron chi connectivity index (χ4n) is 3.33. The molecule has 0 aliphatic carbocycles. The molecule has 0 saturated carbocycles. The molecule has 118 valence electrons. The first-order chi connectivity index (χ1) is 12.4. The van der Waals surface area contributed by atoms with Gasteiger partial charge in [-0.3, -0.25) is 4.98 Å². The minimum Gasteiger partial charge on any atom is -0.455 e. The Balaban J connectivity index is 1.93. The number of aromatic nitrogens is 1. The average molecular weight is 321 g/mol. The second-order valence-electron chi connectivity index (χ2n) is 6.09. The van der Waals surface area contributed by atoms with Crippen LogP contribution in [0.2, 0.25) is 0 Å². The number of nitrogens with zero attached hydrogens (tertiary/aromatic N) is 1. The minimum absolute atomic E-state index is 0.889. The van der Waals surface area contributed by atoms with Crippen molar-refractivity contribution in [2.24, 2.45) is 0 Å². The Kier molecular flexibility index (Phi) is 3.14. The van der Waals surface area contributed by atoms with Crippen LogP contribution in [0.1, 0.15) is 11.1 Å². The number of furan rings is 1. The van der Waals surface area contributed by atoms with Crippen LogP contribution in [0, 0.1) is 0 Å². The predicted octanol–water partition coefficient (Wildman–Crippen LogP) is 6.24. The SMILES string of the molecule is C1=C/C=C/c2cccc3c2oc2c(cccc23)-c2cc(ccn2)C=C1. The molecule has 0 unspecified atom stereocenters. The van der Waals surface area contributed by atoms with E-state index < -0.39 is 0 Å². The molecule has 5 rings (SSSR count). The van der Waals surface area contributed by atoms with E-state index in [4.69, 9.17) is 4.42 Å². The van der Waals surface area contributed by atoms with Gasteiger partial charge in [0.25, 0.3) is 0 Å². The zero-order valence-electron chi connectivity index (χ0n) is 13.5. The molecule has 0 fully saturated rings. The highest BCUT2D eigenvalue weighted by Gasteiger charge is 2.14. The molecular weight excluding hydrogens is 306 g/mol. The minimum atomic E-state index is 0.889. The van der Waals surface area contributed by atoms with Gasteiger partial charge in [0.1, 0.15) is 11.2 Å². The number of pyridine rings is 1. The lowest BCUT2D eigenvalue weighted by molar-refractivity contribution is 0.669. The predicted molar refractivity (Wildman–Crippen MR) is 104 cm³/mol. The highest BCUT2D eigenvalue weighted by Crippen LogP contribution is 2.36. The van der Waals surface area contributed by atoms with Gasteiger partial charge in [0.15, 0.2) is 0 Å². The Morgan fingerprint density at radius 2 is 1.52 bits per heavy atom. The first-order valence-electron chi connectivity index (χ1n) is 8.32. The van der Waals surface area contributed by atoms with Crippen molar-refractivity contribution < 1.29 is 4.42 Å². The quantitative estimate of drug-likeness (QED) is 0.383. The molecule has 1 aliphatic heterocycles. The number of para-hydroxylation sites is 2. The summed E-state index contributed by atoms with van der Waals surface area (Å²) in [6.07, 6.45) is 14.1. The second-order valence-corrected chi connectivity index (χ2v) is 6.09. The van der Waals surface area contributed by atoms with E-state index in [0.29, 0.717) is 0 Å². The molecule has 2 aromatic heterocycles. The van der Waals surface area contributed by atoms with Crippen molar-refractivity contribution in [3.8, 4) is 11.3 Å². The van der Waals surface area contributed by atoms with E-state index in [0.717, 1.165) is 44.3 Å². The molecule has 4 aromatic rings. The van der Waals surface area contributed by atoms with Crippen LogP contribution in [0.5, 0.6) is 0 Å². The van der Waals surface area contributed by atoms with Gasteiger partial charge in [0, 0.05) is 28.1 Å². The van der Waals surface area contributed by atoms with Crippen molar-refractivity contribution in [3.05, 3.63) is 90.2 Å². The molecule has 0 saturated heterocycles. The van der Waals surface area contributed by atoms with Gasteiger partial charge >= 0.3 is 0 Å². The number of allylic oxidation sites excluding steroid dienone is 4. The number of hydrogen-bond donors (Lipinski definition) is 0. The van der Waals surface area contributed by atoms with E-state index in [1.165, 1.54) is 0 Å². The number of benzene rings is 2. The van der Waals surface area contributed by atoms with Crippen molar-refractivity contribution in [3.63, 3.8) is 0 Å². The van der Waals surface area contributed by atoms with Crippen molar-refractivity contribution in [1.29, 1.82) is 0 Å². The first-order valence-corrected chi connectivity index (χ1v) is 8.32. The maximum absolute atomic E-state index is 6.32. The van der Waals surface area contributed by atoms with Gasteiger partial charge in [-0.15, -0.1) is 0 Å². The molecular formula is C23H15NO. The van der Waals surface area contributed by atoms with E-state index in [2.05, 4.69) is 59.6 Å². The molecule has 2 nitrogen and oxygen atoms in total. The van der Waals surface area contributed by atoms with E-state index >= 15 is 0 Å². The number of fused-ring (bicyclic) bond motifs is 4. The van der Waals surface area contributed by atoms with Crippen molar-refractivity contribution in [1.82, 2.24) is 4.98 Å². The Labute approximate surface area is 145 Å². The summed E-state index contributed by atoms with van der Waals surface area (Å²) >= 11 is 0. The molecule has 0 N–H and O–H groups in total. The van der Waals surface area contributed by atoms with Crippen LogP contribution < -0.4 is 0 Å². The average Bonchev–Trinajstić information content (AvgIpc) is 3.04. The Hall–Kier alpha value is -3.39. The lowest BCUT2D eigenvalue weighted by Gasteiger charge is -2.03. The zero-order valence-corrected chi connectivity index (χ0v) is 13.5. The van der Waals surface area contributed by atoms with Crippen LogP contribution >= 0.6 is 0 Å². The highest BCUT2D eigenvalue weighted by atomic mass is 16.3. The lowest BCUT2D eigenvalue weighted by atomic mass is 10.0. The number of hydrogen-bond acceptors (Lipinski definition) is 2. The van der Waals surface area contributed by atoms with Crippen LogP contribution in [-0.4, -0.2) is 4.98 Å². The summed E-state index contributed by atoms with van der Waals surface area (Å²) in [6, 6.07) is 16.6. The van der Waals surface area contributed by atoms with Gasteiger partial charge in [-0.25, -0.2) is 0 Å². The molecule has 4 bridgehead atoms. The van der Waals surface area contributed by atoms with E-state index in [1.54, 1.807) is 0 Å². The first kappa shape index (κ1) is 14.0. The monoisotopic (exact) mass is 321 g/mol. The normalized spacial score (nSPS) is 14.4. The smallest absolute Gasteiger partial charge is 0.144 e. The van der Waals surface area contributed by atoms with Gasteiger partial charge < -0.3 is 4.42 Å². The third-order valence-corrected chi connectivity index (χ3v) is 4.51. The summed E-state index contributed by atoms with van der Waals surface area (Å²) in [6.45, 7) is 0. The molecule has 0 spiro atoms. The summed E-state index contributed by atoms with van der Waals surface area (Å²) < 4.78 is 6.32. The van der Waals surface area contributed by atoms with Crippen LogP contribution in [0.25, 0.3) is 45.3 Å². The molecule has 2 heteroatoms. The summed E-state index contributed by atoms with van der Waals surface area (Å²) in [5.41, 5.74) is 5.94. The summed E-state index contributed by atoms with van der Waals surface area (Å²) in [4.78, 5) is 4.57. The summed E-state index contributed by atoms with van der Waals surface area (Å²) in [5.74, 6) is 0. The Morgan fingerprint density at radius 1 is 0.720 bits per heavy atom. The third kappa shape index (κ3) is 2.31.